The zero-order chi connectivity index (χ0) is 18.7. The molecular weight excluding hydrogens is 332 g/mol. The molecule has 0 unspecified atom stereocenters. The van der Waals surface area contributed by atoms with Crippen molar-refractivity contribution >= 4 is 16.9 Å². The maximum atomic E-state index is 12.5. The van der Waals surface area contributed by atoms with E-state index in [0.717, 1.165) is 22.5 Å². The summed E-state index contributed by atoms with van der Waals surface area (Å²) >= 11 is 0. The highest BCUT2D eigenvalue weighted by molar-refractivity contribution is 5.78. The quantitative estimate of drug-likeness (QED) is 0.703. The Morgan fingerprint density at radius 2 is 2.12 bits per heavy atom. The van der Waals surface area contributed by atoms with E-state index >= 15 is 0 Å². The summed E-state index contributed by atoms with van der Waals surface area (Å²) in [4.78, 5) is 18.5. The average molecular weight is 356 g/mol. The van der Waals surface area contributed by atoms with E-state index in [9.17, 15) is 9.90 Å². The molecule has 7 heteroatoms. The first kappa shape index (κ1) is 18.1. The molecule has 3 aromatic rings. The van der Waals surface area contributed by atoms with Crippen LogP contribution in [0.2, 0.25) is 0 Å². The van der Waals surface area contributed by atoms with Gasteiger partial charge in [-0.1, -0.05) is 31.1 Å². The number of amides is 1. The van der Waals surface area contributed by atoms with E-state index in [-0.39, 0.29) is 18.4 Å². The first-order valence-electron chi connectivity index (χ1n) is 8.74. The number of imidazole rings is 1. The van der Waals surface area contributed by atoms with Crippen LogP contribution < -0.4 is 0 Å². The molecule has 0 radical (unpaired) electrons. The van der Waals surface area contributed by atoms with Crippen molar-refractivity contribution in [3.8, 4) is 0 Å². The molecule has 1 amide bonds. The fourth-order valence-electron chi connectivity index (χ4n) is 2.90. The van der Waals surface area contributed by atoms with Gasteiger partial charge in [-0.05, 0) is 12.1 Å². The number of rotatable bonds is 7. The molecule has 1 aromatic carbocycles. The Balaban J connectivity index is 1.64. The summed E-state index contributed by atoms with van der Waals surface area (Å²) in [6.45, 7) is 4.79. The van der Waals surface area contributed by atoms with Crippen LogP contribution in [-0.2, 0) is 24.5 Å². The minimum atomic E-state index is -0.157. The van der Waals surface area contributed by atoms with E-state index in [0.29, 0.717) is 25.3 Å². The topological polar surface area (TPSA) is 84.4 Å². The molecule has 26 heavy (non-hydrogen) atoms. The number of benzene rings is 1. The van der Waals surface area contributed by atoms with Crippen molar-refractivity contribution in [2.45, 2.75) is 45.9 Å². The SMILES string of the molecule is CC(C)c1cc(CN(C)C(=O)CCn2c(CO)nc3ccccc32)no1. The predicted octanol–water partition coefficient (Wildman–Crippen LogP) is 2.69. The predicted molar refractivity (Wildman–Crippen MR) is 97.3 cm³/mol. The largest absolute Gasteiger partial charge is 0.388 e. The van der Waals surface area contributed by atoms with Crippen LogP contribution in [0.25, 0.3) is 11.0 Å². The van der Waals surface area contributed by atoms with Crippen molar-refractivity contribution in [2.24, 2.45) is 0 Å². The van der Waals surface area contributed by atoms with Gasteiger partial charge in [-0.2, -0.15) is 0 Å². The van der Waals surface area contributed by atoms with Gasteiger partial charge in [0.15, 0.2) is 0 Å². The molecule has 2 heterocycles. The van der Waals surface area contributed by atoms with Crippen LogP contribution in [0.3, 0.4) is 0 Å². The van der Waals surface area contributed by atoms with Gasteiger partial charge < -0.3 is 19.1 Å². The second-order valence-corrected chi connectivity index (χ2v) is 6.70. The molecular formula is C19H24N4O3. The molecule has 1 N–H and O–H groups in total. The van der Waals surface area contributed by atoms with E-state index in [4.69, 9.17) is 4.52 Å². The van der Waals surface area contributed by atoms with Crippen molar-refractivity contribution in [1.82, 2.24) is 19.6 Å². The first-order chi connectivity index (χ1) is 12.5. The highest BCUT2D eigenvalue weighted by Crippen LogP contribution is 2.18. The Morgan fingerprint density at radius 1 is 1.35 bits per heavy atom. The molecule has 0 aliphatic heterocycles. The van der Waals surface area contributed by atoms with Crippen molar-refractivity contribution in [3.63, 3.8) is 0 Å². The number of carbonyl (C=O) groups excluding carboxylic acids is 1. The molecule has 138 valence electrons. The second-order valence-electron chi connectivity index (χ2n) is 6.70. The number of aryl methyl sites for hydroxylation is 1. The molecule has 0 aliphatic carbocycles. The Hall–Kier alpha value is -2.67. The second kappa shape index (κ2) is 7.70. The summed E-state index contributed by atoms with van der Waals surface area (Å²) in [5.74, 6) is 1.66. The van der Waals surface area contributed by atoms with E-state index in [1.807, 2.05) is 48.7 Å². The standard InChI is InChI=1S/C19H24N4O3/c1-13(2)17-10-14(21-26-17)11-22(3)19(25)8-9-23-16-7-5-4-6-15(16)20-18(23)12-24/h4-7,10,13,24H,8-9,11-12H2,1-3H3. The third-order valence-electron chi connectivity index (χ3n) is 4.40. The van der Waals surface area contributed by atoms with Crippen LogP contribution in [0.1, 0.15) is 43.5 Å². The van der Waals surface area contributed by atoms with E-state index < -0.39 is 0 Å². The molecule has 0 spiro atoms. The van der Waals surface area contributed by atoms with Gasteiger partial charge in [-0.25, -0.2) is 4.98 Å². The van der Waals surface area contributed by atoms with Crippen LogP contribution >= 0.6 is 0 Å². The number of aromatic nitrogens is 3. The van der Waals surface area contributed by atoms with Gasteiger partial charge in [0.25, 0.3) is 0 Å². The van der Waals surface area contributed by atoms with Gasteiger partial charge in [0.1, 0.15) is 23.9 Å². The van der Waals surface area contributed by atoms with Crippen molar-refractivity contribution < 1.29 is 14.4 Å². The third-order valence-corrected chi connectivity index (χ3v) is 4.40. The van der Waals surface area contributed by atoms with Gasteiger partial charge in [-0.15, -0.1) is 0 Å². The van der Waals surface area contributed by atoms with Crippen LogP contribution in [0.15, 0.2) is 34.9 Å². The van der Waals surface area contributed by atoms with Crippen molar-refractivity contribution in [1.29, 1.82) is 0 Å². The summed E-state index contributed by atoms with van der Waals surface area (Å²) in [7, 11) is 1.75. The zero-order valence-electron chi connectivity index (χ0n) is 15.3. The monoisotopic (exact) mass is 356 g/mol. The Bertz CT molecular complexity index is 897. The number of hydrogen-bond acceptors (Lipinski definition) is 5. The van der Waals surface area contributed by atoms with Gasteiger partial charge in [-0.3, -0.25) is 4.79 Å². The van der Waals surface area contributed by atoms with E-state index in [2.05, 4.69) is 10.1 Å². The molecule has 0 bridgehead atoms. The number of aliphatic hydroxyl groups is 1. The first-order valence-corrected chi connectivity index (χ1v) is 8.74. The smallest absolute Gasteiger partial charge is 0.224 e. The van der Waals surface area contributed by atoms with Gasteiger partial charge in [0, 0.05) is 32.0 Å². The summed E-state index contributed by atoms with van der Waals surface area (Å²) in [6, 6.07) is 9.56. The summed E-state index contributed by atoms with van der Waals surface area (Å²) in [6.07, 6.45) is 0.318. The van der Waals surface area contributed by atoms with Gasteiger partial charge in [0.05, 0.1) is 17.6 Å². The van der Waals surface area contributed by atoms with Crippen molar-refractivity contribution in [3.05, 3.63) is 47.6 Å². The fraction of sp³-hybridized carbons (Fsp3) is 0.421. The molecule has 3 rings (SSSR count). The minimum absolute atomic E-state index is 0.000711. The van der Waals surface area contributed by atoms with Crippen LogP contribution in [0, 0.1) is 0 Å². The van der Waals surface area contributed by atoms with Crippen LogP contribution in [0.5, 0.6) is 0 Å². The third kappa shape index (κ3) is 3.77. The summed E-state index contributed by atoms with van der Waals surface area (Å²) < 4.78 is 7.17. The maximum absolute atomic E-state index is 12.5. The zero-order valence-corrected chi connectivity index (χ0v) is 15.3. The Kier molecular flexibility index (Phi) is 5.37. The highest BCUT2D eigenvalue weighted by atomic mass is 16.5. The number of aliphatic hydroxyl groups excluding tert-OH is 1. The number of fused-ring (bicyclic) bond motifs is 1. The lowest BCUT2D eigenvalue weighted by Gasteiger charge is -2.16. The van der Waals surface area contributed by atoms with Gasteiger partial charge in [0.2, 0.25) is 5.91 Å². The molecule has 0 aliphatic rings. The molecule has 0 fully saturated rings. The Labute approximate surface area is 152 Å². The lowest BCUT2D eigenvalue weighted by molar-refractivity contribution is -0.130. The maximum Gasteiger partial charge on any atom is 0.224 e. The number of para-hydroxylation sites is 2. The molecule has 7 nitrogen and oxygen atoms in total. The number of hydrogen-bond donors (Lipinski definition) is 1. The minimum Gasteiger partial charge on any atom is -0.388 e. The van der Waals surface area contributed by atoms with E-state index in [1.54, 1.807) is 11.9 Å². The molecule has 0 saturated carbocycles. The number of nitrogens with zero attached hydrogens (tertiary/aromatic N) is 4. The molecule has 0 saturated heterocycles. The van der Waals surface area contributed by atoms with Gasteiger partial charge >= 0.3 is 0 Å². The average Bonchev–Trinajstić information content (AvgIpc) is 3.23. The summed E-state index contributed by atoms with van der Waals surface area (Å²) in [5.41, 5.74) is 2.49. The lowest BCUT2D eigenvalue weighted by atomic mass is 10.1. The molecule has 0 atom stereocenters. The highest BCUT2D eigenvalue weighted by Gasteiger charge is 2.15. The normalized spacial score (nSPS) is 11.4. The van der Waals surface area contributed by atoms with Crippen LogP contribution in [0.4, 0.5) is 0 Å². The Morgan fingerprint density at radius 3 is 2.81 bits per heavy atom. The van der Waals surface area contributed by atoms with E-state index in [1.165, 1.54) is 0 Å². The number of carbonyl (C=O) groups is 1. The van der Waals surface area contributed by atoms with Crippen molar-refractivity contribution in [2.75, 3.05) is 7.05 Å². The summed E-state index contributed by atoms with van der Waals surface area (Å²) in [5, 5.41) is 13.6. The molecule has 2 aromatic heterocycles. The lowest BCUT2D eigenvalue weighted by Crippen LogP contribution is -2.27. The van der Waals surface area contributed by atoms with Crippen LogP contribution in [-0.4, -0.2) is 37.7 Å². The fourth-order valence-corrected chi connectivity index (χ4v) is 2.90.